The highest BCUT2D eigenvalue weighted by molar-refractivity contribution is 7.86. The molecule has 6 heteroatoms. The van der Waals surface area contributed by atoms with Gasteiger partial charge < -0.3 is 0 Å². The first-order valence-electron chi connectivity index (χ1n) is 6.84. The highest BCUT2D eigenvalue weighted by Gasteiger charge is 2.38. The third-order valence-corrected chi connectivity index (χ3v) is 6.88. The molecule has 2 rings (SSSR count). The molecule has 18 heavy (non-hydrogen) atoms. The summed E-state index contributed by atoms with van der Waals surface area (Å²) >= 11 is 6.22. The van der Waals surface area contributed by atoms with Crippen LogP contribution in [0, 0.1) is 5.92 Å². The van der Waals surface area contributed by atoms with E-state index in [0.29, 0.717) is 25.6 Å². The van der Waals surface area contributed by atoms with Crippen LogP contribution in [0.1, 0.15) is 39.5 Å². The Balaban J connectivity index is 2.10. The maximum Gasteiger partial charge on any atom is 0.282 e. The molecule has 2 fully saturated rings. The van der Waals surface area contributed by atoms with Crippen molar-refractivity contribution in [2.45, 2.75) is 50.9 Å². The molecule has 0 aromatic rings. The van der Waals surface area contributed by atoms with Gasteiger partial charge in [0, 0.05) is 25.7 Å². The first-order chi connectivity index (χ1) is 8.43. The smallest absolute Gasteiger partial charge is 0.195 e. The maximum absolute atomic E-state index is 12.6. The van der Waals surface area contributed by atoms with Gasteiger partial charge in [0.1, 0.15) is 0 Å². The van der Waals surface area contributed by atoms with Gasteiger partial charge in [-0.05, 0) is 32.1 Å². The van der Waals surface area contributed by atoms with E-state index in [0.717, 1.165) is 25.7 Å². The second-order valence-electron chi connectivity index (χ2n) is 5.60. The maximum atomic E-state index is 12.6. The van der Waals surface area contributed by atoms with Crippen LogP contribution in [0.15, 0.2) is 0 Å². The van der Waals surface area contributed by atoms with E-state index in [1.807, 2.05) is 6.92 Å². The quantitative estimate of drug-likeness (QED) is 0.732. The Morgan fingerprint density at radius 2 is 1.83 bits per heavy atom. The van der Waals surface area contributed by atoms with E-state index in [1.54, 1.807) is 8.61 Å². The average molecular weight is 295 g/mol. The molecule has 0 aromatic carbocycles. The average Bonchev–Trinajstić information content (AvgIpc) is 2.33. The normalized spacial score (nSPS) is 36.7. The van der Waals surface area contributed by atoms with Crippen molar-refractivity contribution in [3.8, 4) is 0 Å². The Morgan fingerprint density at radius 3 is 2.44 bits per heavy atom. The van der Waals surface area contributed by atoms with Crippen LogP contribution in [0.4, 0.5) is 0 Å². The summed E-state index contributed by atoms with van der Waals surface area (Å²) in [7, 11) is -3.31. The lowest BCUT2D eigenvalue weighted by Gasteiger charge is -2.39. The van der Waals surface area contributed by atoms with E-state index in [1.165, 1.54) is 0 Å². The predicted octanol–water partition coefficient (Wildman–Crippen LogP) is 2.05. The molecule has 0 aromatic heterocycles. The molecule has 2 heterocycles. The van der Waals surface area contributed by atoms with Crippen molar-refractivity contribution in [1.29, 1.82) is 0 Å². The number of hydrogen-bond donors (Lipinski definition) is 0. The summed E-state index contributed by atoms with van der Waals surface area (Å²) in [6.45, 7) is 5.80. The van der Waals surface area contributed by atoms with Gasteiger partial charge in [-0.25, -0.2) is 0 Å². The van der Waals surface area contributed by atoms with Gasteiger partial charge in [-0.1, -0.05) is 13.3 Å². The first-order valence-corrected chi connectivity index (χ1v) is 8.67. The highest BCUT2D eigenvalue weighted by Crippen LogP contribution is 2.28. The van der Waals surface area contributed by atoms with Gasteiger partial charge in [0.15, 0.2) is 0 Å². The fourth-order valence-electron chi connectivity index (χ4n) is 2.77. The van der Waals surface area contributed by atoms with Crippen LogP contribution in [-0.2, 0) is 10.2 Å². The zero-order chi connectivity index (χ0) is 13.3. The van der Waals surface area contributed by atoms with Crippen LogP contribution in [0.2, 0.25) is 0 Å². The summed E-state index contributed by atoms with van der Waals surface area (Å²) in [6, 6.07) is 0.122. The Bertz CT molecular complexity index is 388. The van der Waals surface area contributed by atoms with Crippen molar-refractivity contribution in [1.82, 2.24) is 8.61 Å². The predicted molar refractivity (Wildman–Crippen MR) is 73.9 cm³/mol. The van der Waals surface area contributed by atoms with Crippen LogP contribution in [0.3, 0.4) is 0 Å². The topological polar surface area (TPSA) is 40.6 Å². The van der Waals surface area contributed by atoms with Crippen molar-refractivity contribution >= 4 is 21.8 Å². The third kappa shape index (κ3) is 2.84. The molecule has 2 aliphatic heterocycles. The van der Waals surface area contributed by atoms with Gasteiger partial charge in [0.05, 0.1) is 5.38 Å². The SMILES string of the molecule is CC1CCN(S(=O)(=O)N2CCCCC2C)CC1Cl. The van der Waals surface area contributed by atoms with Crippen LogP contribution in [-0.4, -0.2) is 48.1 Å². The largest absolute Gasteiger partial charge is 0.282 e. The van der Waals surface area contributed by atoms with Crippen LogP contribution in [0.25, 0.3) is 0 Å². The Morgan fingerprint density at radius 1 is 1.11 bits per heavy atom. The highest BCUT2D eigenvalue weighted by atomic mass is 35.5. The fourth-order valence-corrected chi connectivity index (χ4v) is 5.04. The minimum absolute atomic E-state index is 0.0615. The monoisotopic (exact) mass is 294 g/mol. The Kier molecular flexibility index (Phi) is 4.57. The lowest BCUT2D eigenvalue weighted by Crippen LogP contribution is -2.53. The molecule has 0 saturated carbocycles. The molecular weight excluding hydrogens is 272 g/mol. The molecule has 0 N–H and O–H groups in total. The lowest BCUT2D eigenvalue weighted by molar-refractivity contribution is 0.224. The van der Waals surface area contributed by atoms with Gasteiger partial charge in [0.25, 0.3) is 10.2 Å². The number of hydrogen-bond acceptors (Lipinski definition) is 2. The Labute approximate surface area is 115 Å². The van der Waals surface area contributed by atoms with Crippen LogP contribution >= 0.6 is 11.6 Å². The van der Waals surface area contributed by atoms with Gasteiger partial charge in [-0.2, -0.15) is 17.0 Å². The zero-order valence-electron chi connectivity index (χ0n) is 11.2. The molecule has 0 amide bonds. The van der Waals surface area contributed by atoms with Gasteiger partial charge in [-0.3, -0.25) is 0 Å². The number of nitrogens with zero attached hydrogens (tertiary/aromatic N) is 2. The van der Waals surface area contributed by atoms with E-state index < -0.39 is 10.2 Å². The zero-order valence-corrected chi connectivity index (χ0v) is 12.8. The number of piperidine rings is 2. The third-order valence-electron chi connectivity index (χ3n) is 4.19. The Hall–Kier alpha value is 0.160. The van der Waals surface area contributed by atoms with E-state index in [4.69, 9.17) is 11.6 Å². The molecule has 0 spiro atoms. The molecule has 2 aliphatic rings. The van der Waals surface area contributed by atoms with Crippen molar-refractivity contribution < 1.29 is 8.42 Å². The molecule has 4 nitrogen and oxygen atoms in total. The lowest BCUT2D eigenvalue weighted by atomic mass is 10.0. The first kappa shape index (κ1) is 14.6. The van der Waals surface area contributed by atoms with Crippen molar-refractivity contribution in [3.05, 3.63) is 0 Å². The van der Waals surface area contributed by atoms with Gasteiger partial charge >= 0.3 is 0 Å². The summed E-state index contributed by atoms with van der Waals surface area (Å²) < 4.78 is 28.4. The van der Waals surface area contributed by atoms with Crippen molar-refractivity contribution in [2.75, 3.05) is 19.6 Å². The molecule has 0 radical (unpaired) electrons. The molecule has 2 saturated heterocycles. The molecule has 0 aliphatic carbocycles. The number of alkyl halides is 1. The van der Waals surface area contributed by atoms with Crippen molar-refractivity contribution in [3.63, 3.8) is 0 Å². The minimum atomic E-state index is -3.31. The summed E-state index contributed by atoms with van der Waals surface area (Å²) in [6.07, 6.45) is 3.92. The molecule has 3 unspecified atom stereocenters. The van der Waals surface area contributed by atoms with Gasteiger partial charge in [-0.15, -0.1) is 11.6 Å². The molecule has 106 valence electrons. The van der Waals surface area contributed by atoms with Crippen LogP contribution < -0.4 is 0 Å². The molecular formula is C12H23ClN2O2S. The minimum Gasteiger partial charge on any atom is -0.195 e. The summed E-state index contributed by atoms with van der Waals surface area (Å²) in [5.41, 5.74) is 0. The summed E-state index contributed by atoms with van der Waals surface area (Å²) in [5.74, 6) is 0.400. The standard InChI is InChI=1S/C12H23ClN2O2S/c1-10-6-8-14(9-12(10)13)18(16,17)15-7-4-3-5-11(15)2/h10-12H,3-9H2,1-2H3. The van der Waals surface area contributed by atoms with Crippen LogP contribution in [0.5, 0.6) is 0 Å². The second kappa shape index (κ2) is 5.65. The number of rotatable bonds is 2. The van der Waals surface area contributed by atoms with Gasteiger partial charge in [0.2, 0.25) is 0 Å². The van der Waals surface area contributed by atoms with E-state index in [9.17, 15) is 8.42 Å². The van der Waals surface area contributed by atoms with E-state index in [-0.39, 0.29) is 11.4 Å². The summed E-state index contributed by atoms with van der Waals surface area (Å²) in [4.78, 5) is 0. The molecule has 3 atom stereocenters. The van der Waals surface area contributed by atoms with Crippen molar-refractivity contribution in [2.24, 2.45) is 5.92 Å². The fraction of sp³-hybridized carbons (Fsp3) is 1.00. The second-order valence-corrected chi connectivity index (χ2v) is 8.04. The summed E-state index contributed by atoms with van der Waals surface area (Å²) in [5, 5.41) is -0.0615. The van der Waals surface area contributed by atoms with E-state index >= 15 is 0 Å². The number of halogens is 1. The molecule has 0 bridgehead atoms. The van der Waals surface area contributed by atoms with E-state index in [2.05, 4.69) is 6.92 Å².